The third kappa shape index (κ3) is 4.30. The molecule has 1 aromatic carbocycles. The quantitative estimate of drug-likeness (QED) is 0.595. The van der Waals surface area contributed by atoms with E-state index in [9.17, 15) is 22.8 Å². The number of methoxy groups -OCH3 is 1. The Hall–Kier alpha value is -2.81. The first kappa shape index (κ1) is 20.5. The maximum Gasteiger partial charge on any atom is 0.464 e. The molecule has 144 valence electrons. The van der Waals surface area contributed by atoms with Crippen molar-refractivity contribution in [1.29, 1.82) is 0 Å². The minimum Gasteiger partial charge on any atom is -0.464 e. The number of hydrogen-bond acceptors (Lipinski definition) is 4. The Morgan fingerprint density at radius 1 is 1.19 bits per heavy atom. The number of carbonyl (C=O) groups excluding carboxylic acids is 2. The Bertz CT molecular complexity index is 861. The molecule has 0 aliphatic rings. The van der Waals surface area contributed by atoms with Crippen LogP contribution in [0.25, 0.3) is 0 Å². The average Bonchev–Trinajstić information content (AvgIpc) is 2.59. The van der Waals surface area contributed by atoms with Crippen molar-refractivity contribution in [1.82, 2.24) is 5.32 Å². The van der Waals surface area contributed by atoms with Crippen LogP contribution in [0.4, 0.5) is 19.0 Å². The number of halogens is 4. The van der Waals surface area contributed by atoms with Gasteiger partial charge in [-0.3, -0.25) is 10.1 Å². The summed E-state index contributed by atoms with van der Waals surface area (Å²) in [5.41, 5.74) is -3.15. The van der Waals surface area contributed by atoms with Gasteiger partial charge in [-0.25, -0.2) is 15.1 Å². The monoisotopic (exact) mass is 402 g/mol. The number of benzene rings is 1. The molecule has 6 nitrogen and oxygen atoms in total. The minimum atomic E-state index is -5.24. The third-order valence-corrected chi connectivity index (χ3v) is 3.95. The first-order chi connectivity index (χ1) is 12.6. The van der Waals surface area contributed by atoms with Gasteiger partial charge in [-0.1, -0.05) is 23.7 Å². The smallest absolute Gasteiger partial charge is 0.464 e. The number of amides is 1. The number of rotatable bonds is 5. The second-order valence-electron chi connectivity index (χ2n) is 5.58. The molecular weight excluding hydrogens is 387 g/mol. The molecule has 0 bridgehead atoms. The van der Waals surface area contributed by atoms with Crippen LogP contribution in [-0.2, 0) is 9.53 Å². The van der Waals surface area contributed by atoms with Gasteiger partial charge in [-0.05, 0) is 30.7 Å². The van der Waals surface area contributed by atoms with Gasteiger partial charge in [0, 0.05) is 6.07 Å². The number of aromatic amines is 1. The van der Waals surface area contributed by atoms with E-state index in [0.29, 0.717) is 5.56 Å². The van der Waals surface area contributed by atoms with Gasteiger partial charge in [-0.2, -0.15) is 13.2 Å². The molecule has 10 heteroatoms. The van der Waals surface area contributed by atoms with Crippen LogP contribution >= 0.6 is 11.6 Å². The predicted molar refractivity (Wildman–Crippen MR) is 91.1 cm³/mol. The van der Waals surface area contributed by atoms with Crippen molar-refractivity contribution in [2.45, 2.75) is 18.8 Å². The lowest BCUT2D eigenvalue weighted by molar-refractivity contribution is -0.363. The van der Waals surface area contributed by atoms with Crippen LogP contribution in [0.1, 0.15) is 15.9 Å². The summed E-state index contributed by atoms with van der Waals surface area (Å²) in [7, 11) is 0.784. The molecule has 0 saturated heterocycles. The van der Waals surface area contributed by atoms with Crippen molar-refractivity contribution in [2.24, 2.45) is 0 Å². The molecule has 27 heavy (non-hydrogen) atoms. The lowest BCUT2D eigenvalue weighted by atomic mass is 10.1. The number of aromatic nitrogens is 1. The van der Waals surface area contributed by atoms with E-state index >= 15 is 0 Å². The fourth-order valence-corrected chi connectivity index (χ4v) is 2.50. The van der Waals surface area contributed by atoms with Crippen LogP contribution < -0.4 is 15.6 Å². The van der Waals surface area contributed by atoms with Gasteiger partial charge in [-0.15, -0.1) is 0 Å². The van der Waals surface area contributed by atoms with E-state index < -0.39 is 23.7 Å². The fraction of sp³-hybridized carbons (Fsp3) is 0.235. The highest BCUT2D eigenvalue weighted by Gasteiger charge is 2.67. The van der Waals surface area contributed by atoms with Crippen molar-refractivity contribution in [3.63, 3.8) is 0 Å². The summed E-state index contributed by atoms with van der Waals surface area (Å²) in [6.45, 7) is 1.65. The van der Waals surface area contributed by atoms with E-state index in [2.05, 4.69) is 9.72 Å². The molecule has 0 aliphatic carbocycles. The highest BCUT2D eigenvalue weighted by molar-refractivity contribution is 6.33. The van der Waals surface area contributed by atoms with E-state index in [-0.39, 0.29) is 16.4 Å². The van der Waals surface area contributed by atoms with Crippen LogP contribution in [0.3, 0.4) is 0 Å². The summed E-state index contributed by atoms with van der Waals surface area (Å²) in [5, 5.41) is 3.63. The van der Waals surface area contributed by atoms with E-state index in [1.807, 2.05) is 5.32 Å². The van der Waals surface area contributed by atoms with Crippen molar-refractivity contribution >= 4 is 29.3 Å². The Kier molecular flexibility index (Phi) is 5.94. The number of ether oxygens (including phenoxy) is 1. The zero-order valence-corrected chi connectivity index (χ0v) is 15.0. The summed E-state index contributed by atoms with van der Waals surface area (Å²) in [4.78, 5) is 27.2. The average molecular weight is 403 g/mol. The molecule has 2 rings (SSSR count). The fourth-order valence-electron chi connectivity index (χ4n) is 2.28. The van der Waals surface area contributed by atoms with E-state index in [4.69, 9.17) is 11.6 Å². The third-order valence-electron chi connectivity index (χ3n) is 3.62. The molecule has 0 radical (unpaired) electrons. The highest BCUT2D eigenvalue weighted by atomic mass is 35.5. The molecule has 0 saturated carbocycles. The first-order valence-electron chi connectivity index (χ1n) is 7.59. The van der Waals surface area contributed by atoms with Crippen molar-refractivity contribution < 1.29 is 32.5 Å². The van der Waals surface area contributed by atoms with Crippen LogP contribution in [0.15, 0.2) is 42.6 Å². The summed E-state index contributed by atoms with van der Waals surface area (Å²) in [5.74, 6) is -3.11. The molecule has 2 aromatic rings. The summed E-state index contributed by atoms with van der Waals surface area (Å²) in [6, 6.07) is 8.46. The molecule has 0 spiro atoms. The van der Waals surface area contributed by atoms with Gasteiger partial charge < -0.3 is 4.74 Å². The first-order valence-corrected chi connectivity index (χ1v) is 7.97. The molecule has 1 heterocycles. The maximum absolute atomic E-state index is 14.0. The number of carbonyl (C=O) groups is 2. The Labute approximate surface area is 157 Å². The molecule has 0 aliphatic heterocycles. The van der Waals surface area contributed by atoms with Crippen molar-refractivity contribution in [2.75, 3.05) is 12.4 Å². The second kappa shape index (κ2) is 7.83. The summed E-state index contributed by atoms with van der Waals surface area (Å²) < 4.78 is 46.2. The van der Waals surface area contributed by atoms with Gasteiger partial charge in [0.15, 0.2) is 0 Å². The number of aryl methyl sites for hydroxylation is 1. The predicted octanol–water partition coefficient (Wildman–Crippen LogP) is 2.74. The Morgan fingerprint density at radius 3 is 2.41 bits per heavy atom. The van der Waals surface area contributed by atoms with E-state index in [1.165, 1.54) is 36.5 Å². The number of pyridine rings is 1. The standard InChI is InChI=1S/C17H15ClF3N3O3/c1-10-7-8-22-13(9-10)23-16(15(26)27-2,17(19,20)21)24-14(25)11-5-3-4-6-12(11)18/h3-9H,1-2H3,(H,22,23)(H,24,25)/p+1/t16-/m0/s1. The van der Waals surface area contributed by atoms with Gasteiger partial charge >= 0.3 is 17.8 Å². The van der Waals surface area contributed by atoms with E-state index in [1.54, 1.807) is 18.3 Å². The summed E-state index contributed by atoms with van der Waals surface area (Å²) >= 11 is 5.87. The van der Waals surface area contributed by atoms with Crippen LogP contribution in [0.2, 0.25) is 5.02 Å². The number of anilines is 1. The molecule has 1 amide bonds. The summed E-state index contributed by atoms with van der Waals surface area (Å²) in [6.07, 6.45) is -3.86. The van der Waals surface area contributed by atoms with Crippen LogP contribution in [0, 0.1) is 6.92 Å². The lowest BCUT2D eigenvalue weighted by Crippen LogP contribution is -2.69. The highest BCUT2D eigenvalue weighted by Crippen LogP contribution is 2.33. The zero-order valence-electron chi connectivity index (χ0n) is 14.3. The van der Waals surface area contributed by atoms with Gasteiger partial charge in [0.1, 0.15) is 0 Å². The van der Waals surface area contributed by atoms with Gasteiger partial charge in [0.2, 0.25) is 0 Å². The van der Waals surface area contributed by atoms with Crippen molar-refractivity contribution in [3.05, 3.63) is 58.7 Å². The normalized spacial score (nSPS) is 13.4. The zero-order chi connectivity index (χ0) is 20.2. The van der Waals surface area contributed by atoms with Gasteiger partial charge in [0.05, 0.1) is 23.9 Å². The molecule has 1 aromatic heterocycles. The van der Waals surface area contributed by atoms with E-state index in [0.717, 1.165) is 7.11 Å². The number of H-pyrrole nitrogens is 1. The second-order valence-corrected chi connectivity index (χ2v) is 5.99. The minimum absolute atomic E-state index is 0.0712. The number of esters is 1. The Balaban J connectivity index is 2.52. The molecule has 0 unspecified atom stereocenters. The topological polar surface area (TPSA) is 81.6 Å². The molecule has 1 atom stereocenters. The maximum atomic E-state index is 14.0. The van der Waals surface area contributed by atoms with Crippen molar-refractivity contribution in [3.8, 4) is 0 Å². The lowest BCUT2D eigenvalue weighted by Gasteiger charge is -2.30. The molecule has 0 fully saturated rings. The largest absolute Gasteiger partial charge is 0.464 e. The number of hydrogen-bond donors (Lipinski definition) is 2. The molecule has 3 N–H and O–H groups in total. The van der Waals surface area contributed by atoms with Gasteiger partial charge in [0.25, 0.3) is 11.7 Å². The SMILES string of the molecule is COC(=O)[C@@](NC(=O)c1ccccc1Cl)(Nc1cc(C)cc[nH+]1)C(F)(F)F. The van der Waals surface area contributed by atoms with Crippen LogP contribution in [0.5, 0.6) is 0 Å². The number of nitrogens with one attached hydrogen (secondary N) is 3. The molecular formula is C17H16ClF3N3O3+. The van der Waals surface area contributed by atoms with Crippen LogP contribution in [-0.4, -0.2) is 30.8 Å². The number of alkyl halides is 3. The Morgan fingerprint density at radius 2 is 1.85 bits per heavy atom.